The van der Waals surface area contributed by atoms with Gasteiger partial charge >= 0.3 is 5.97 Å². The van der Waals surface area contributed by atoms with E-state index < -0.39 is 5.97 Å². The number of aromatic carboxylic acids is 1. The standard InChI is InChI=1S/C11H6N2O3/c14-6-13-10-2-1-8(11(15)16)7-3-4-12-5-9(7)10/h1-5H,(H,15,16). The highest BCUT2D eigenvalue weighted by Crippen LogP contribution is 2.27. The Bertz CT molecular complexity index is 575. The SMILES string of the molecule is O=C=Nc1ccc(C(=O)O)c2ccncc12. The van der Waals surface area contributed by atoms with Crippen LogP contribution in [-0.4, -0.2) is 22.1 Å². The van der Waals surface area contributed by atoms with E-state index in [9.17, 15) is 9.59 Å². The molecule has 78 valence electrons. The lowest BCUT2D eigenvalue weighted by Gasteiger charge is -2.03. The Morgan fingerprint density at radius 3 is 2.81 bits per heavy atom. The topological polar surface area (TPSA) is 79.6 Å². The predicted octanol–water partition coefficient (Wildman–Crippen LogP) is 1.90. The minimum absolute atomic E-state index is 0.155. The van der Waals surface area contributed by atoms with Crippen LogP contribution in [0.3, 0.4) is 0 Å². The van der Waals surface area contributed by atoms with Gasteiger partial charge in [0.2, 0.25) is 6.08 Å². The molecule has 0 saturated carbocycles. The number of carbonyl (C=O) groups is 1. The molecule has 0 saturated heterocycles. The van der Waals surface area contributed by atoms with Crippen molar-refractivity contribution in [2.75, 3.05) is 0 Å². The van der Waals surface area contributed by atoms with Gasteiger partial charge in [0, 0.05) is 23.2 Å². The summed E-state index contributed by atoms with van der Waals surface area (Å²) in [5.74, 6) is -1.03. The molecule has 2 rings (SSSR count). The van der Waals surface area contributed by atoms with Gasteiger partial charge in [-0.3, -0.25) is 4.98 Å². The third-order valence-corrected chi connectivity index (χ3v) is 2.19. The van der Waals surface area contributed by atoms with Gasteiger partial charge in [0.25, 0.3) is 0 Å². The highest BCUT2D eigenvalue weighted by atomic mass is 16.4. The normalized spacial score (nSPS) is 9.75. The Hall–Kier alpha value is -2.52. The summed E-state index contributed by atoms with van der Waals surface area (Å²) < 4.78 is 0. The number of carbonyl (C=O) groups excluding carboxylic acids is 1. The molecule has 0 bridgehead atoms. The Balaban J connectivity index is 2.87. The highest BCUT2D eigenvalue weighted by molar-refractivity contribution is 6.07. The molecule has 1 heterocycles. The van der Waals surface area contributed by atoms with Crippen LogP contribution in [0, 0.1) is 0 Å². The first kappa shape index (κ1) is 10.0. The summed E-state index contributed by atoms with van der Waals surface area (Å²) in [4.78, 5) is 28.5. The van der Waals surface area contributed by atoms with Crippen LogP contribution in [0.1, 0.15) is 10.4 Å². The number of benzene rings is 1. The van der Waals surface area contributed by atoms with E-state index in [1.54, 1.807) is 6.07 Å². The average molecular weight is 214 g/mol. The fourth-order valence-corrected chi connectivity index (χ4v) is 1.51. The average Bonchev–Trinajstić information content (AvgIpc) is 2.29. The van der Waals surface area contributed by atoms with E-state index in [1.807, 2.05) is 0 Å². The highest BCUT2D eigenvalue weighted by Gasteiger charge is 2.10. The number of isocyanates is 1. The van der Waals surface area contributed by atoms with Gasteiger partial charge in [-0.25, -0.2) is 9.59 Å². The van der Waals surface area contributed by atoms with Crippen molar-refractivity contribution < 1.29 is 14.7 Å². The fraction of sp³-hybridized carbons (Fsp3) is 0. The number of fused-ring (bicyclic) bond motifs is 1. The second kappa shape index (κ2) is 3.92. The van der Waals surface area contributed by atoms with Gasteiger partial charge in [0.15, 0.2) is 0 Å². The molecule has 1 N–H and O–H groups in total. The Morgan fingerprint density at radius 2 is 2.12 bits per heavy atom. The molecular weight excluding hydrogens is 208 g/mol. The molecule has 5 nitrogen and oxygen atoms in total. The molecule has 1 aromatic heterocycles. The van der Waals surface area contributed by atoms with E-state index in [0.29, 0.717) is 16.5 Å². The van der Waals surface area contributed by atoms with Crippen molar-refractivity contribution in [1.82, 2.24) is 4.98 Å². The van der Waals surface area contributed by atoms with Gasteiger partial charge < -0.3 is 5.11 Å². The van der Waals surface area contributed by atoms with E-state index in [0.717, 1.165) is 0 Å². The van der Waals surface area contributed by atoms with E-state index >= 15 is 0 Å². The van der Waals surface area contributed by atoms with E-state index in [4.69, 9.17) is 5.11 Å². The van der Waals surface area contributed by atoms with E-state index in [-0.39, 0.29) is 5.56 Å². The number of aromatic nitrogens is 1. The number of nitrogens with zero attached hydrogens (tertiary/aromatic N) is 2. The predicted molar refractivity (Wildman–Crippen MR) is 56.5 cm³/mol. The summed E-state index contributed by atoms with van der Waals surface area (Å²) in [6, 6.07) is 4.43. The molecule has 16 heavy (non-hydrogen) atoms. The van der Waals surface area contributed by atoms with Crippen molar-refractivity contribution in [3.8, 4) is 0 Å². The maximum Gasteiger partial charge on any atom is 0.336 e. The van der Waals surface area contributed by atoms with Gasteiger partial charge in [-0.2, -0.15) is 4.99 Å². The van der Waals surface area contributed by atoms with Crippen molar-refractivity contribution in [2.24, 2.45) is 4.99 Å². The van der Waals surface area contributed by atoms with Crippen LogP contribution in [-0.2, 0) is 4.79 Å². The van der Waals surface area contributed by atoms with Crippen molar-refractivity contribution >= 4 is 28.5 Å². The minimum atomic E-state index is -1.03. The maximum atomic E-state index is 11.0. The summed E-state index contributed by atoms with van der Waals surface area (Å²) in [6.07, 6.45) is 4.38. The van der Waals surface area contributed by atoms with Gasteiger partial charge in [0.05, 0.1) is 11.3 Å². The van der Waals surface area contributed by atoms with Gasteiger partial charge in [-0.1, -0.05) is 0 Å². The summed E-state index contributed by atoms with van der Waals surface area (Å²) >= 11 is 0. The monoisotopic (exact) mass is 214 g/mol. The van der Waals surface area contributed by atoms with Gasteiger partial charge in [0.1, 0.15) is 0 Å². The number of carboxylic acid groups (broad SMARTS) is 1. The molecule has 2 aromatic rings. The first-order valence-corrected chi connectivity index (χ1v) is 4.42. The summed E-state index contributed by atoms with van der Waals surface area (Å²) in [5, 5.41) is 9.99. The molecule has 0 aliphatic heterocycles. The van der Waals surface area contributed by atoms with E-state index in [1.165, 1.54) is 30.6 Å². The molecule has 0 radical (unpaired) electrons. The second-order valence-corrected chi connectivity index (χ2v) is 3.06. The van der Waals surface area contributed by atoms with Crippen LogP contribution in [0.2, 0.25) is 0 Å². The lowest BCUT2D eigenvalue weighted by molar-refractivity contribution is 0.0699. The number of rotatable bonds is 2. The van der Waals surface area contributed by atoms with Crippen molar-refractivity contribution in [3.05, 3.63) is 36.2 Å². The molecule has 0 aliphatic carbocycles. The summed E-state index contributed by atoms with van der Waals surface area (Å²) in [7, 11) is 0. The van der Waals surface area contributed by atoms with Gasteiger partial charge in [-0.15, -0.1) is 0 Å². The second-order valence-electron chi connectivity index (χ2n) is 3.06. The van der Waals surface area contributed by atoms with Crippen LogP contribution in [0.4, 0.5) is 5.69 Å². The Labute approximate surface area is 90.1 Å². The van der Waals surface area contributed by atoms with Crippen LogP contribution in [0.25, 0.3) is 10.8 Å². The van der Waals surface area contributed by atoms with Crippen molar-refractivity contribution in [2.45, 2.75) is 0 Å². The molecule has 5 heteroatoms. The zero-order valence-corrected chi connectivity index (χ0v) is 8.04. The van der Waals surface area contributed by atoms with Crippen LogP contribution in [0.5, 0.6) is 0 Å². The molecule has 0 atom stereocenters. The Kier molecular flexibility index (Phi) is 2.45. The zero-order chi connectivity index (χ0) is 11.5. The molecular formula is C11H6N2O3. The number of carboxylic acids is 1. The number of hydrogen-bond acceptors (Lipinski definition) is 4. The molecule has 0 fully saturated rings. The van der Waals surface area contributed by atoms with Crippen LogP contribution < -0.4 is 0 Å². The number of aliphatic imine (C=N–C) groups is 1. The molecule has 0 amide bonds. The zero-order valence-electron chi connectivity index (χ0n) is 8.04. The minimum Gasteiger partial charge on any atom is -0.478 e. The molecule has 0 unspecified atom stereocenters. The van der Waals surface area contributed by atoms with Gasteiger partial charge in [-0.05, 0) is 18.2 Å². The third kappa shape index (κ3) is 1.55. The lowest BCUT2D eigenvalue weighted by Crippen LogP contribution is -1.97. The van der Waals surface area contributed by atoms with Crippen molar-refractivity contribution in [3.63, 3.8) is 0 Å². The number of hydrogen-bond donors (Lipinski definition) is 1. The quantitative estimate of drug-likeness (QED) is 0.611. The van der Waals surface area contributed by atoms with Crippen LogP contribution in [0.15, 0.2) is 35.6 Å². The molecule has 0 spiro atoms. The summed E-state index contributed by atoms with van der Waals surface area (Å²) in [5.41, 5.74) is 0.519. The lowest BCUT2D eigenvalue weighted by atomic mass is 10.1. The third-order valence-electron chi connectivity index (χ3n) is 2.19. The van der Waals surface area contributed by atoms with E-state index in [2.05, 4.69) is 9.98 Å². The first-order chi connectivity index (χ1) is 7.74. The fourth-order valence-electron chi connectivity index (χ4n) is 1.51. The number of pyridine rings is 1. The largest absolute Gasteiger partial charge is 0.478 e. The first-order valence-electron chi connectivity index (χ1n) is 4.42. The van der Waals surface area contributed by atoms with Crippen molar-refractivity contribution in [1.29, 1.82) is 0 Å². The molecule has 0 aliphatic rings. The Morgan fingerprint density at radius 1 is 1.31 bits per heavy atom. The maximum absolute atomic E-state index is 11.0. The summed E-state index contributed by atoms with van der Waals surface area (Å²) in [6.45, 7) is 0. The smallest absolute Gasteiger partial charge is 0.336 e. The molecule has 1 aromatic carbocycles. The van der Waals surface area contributed by atoms with Crippen LogP contribution >= 0.6 is 0 Å².